The summed E-state index contributed by atoms with van der Waals surface area (Å²) in [6.45, 7) is 4.91. The van der Waals surface area contributed by atoms with Crippen molar-refractivity contribution in [3.63, 3.8) is 0 Å². The van der Waals surface area contributed by atoms with Gasteiger partial charge in [-0.3, -0.25) is 19.4 Å². The number of aryl methyl sites for hydroxylation is 3. The Hall–Kier alpha value is -3.45. The molecule has 0 saturated heterocycles. The van der Waals surface area contributed by atoms with Crippen LogP contribution in [0.5, 0.6) is 0 Å². The number of carbonyl (C=O) groups is 1. The van der Waals surface area contributed by atoms with Crippen molar-refractivity contribution >= 4 is 23.4 Å². The van der Waals surface area contributed by atoms with Crippen molar-refractivity contribution in [2.75, 3.05) is 17.6 Å². The average molecular weight is 470 g/mol. The van der Waals surface area contributed by atoms with E-state index in [1.165, 1.54) is 5.56 Å². The van der Waals surface area contributed by atoms with E-state index in [1.807, 2.05) is 72.9 Å². The molecule has 1 aromatic carbocycles. The summed E-state index contributed by atoms with van der Waals surface area (Å²) in [7, 11) is 1.97. The van der Waals surface area contributed by atoms with Gasteiger partial charge in [-0.2, -0.15) is 5.10 Å². The third kappa shape index (κ3) is 4.23. The Morgan fingerprint density at radius 2 is 1.97 bits per heavy atom. The van der Waals surface area contributed by atoms with Crippen molar-refractivity contribution in [1.29, 1.82) is 0 Å². The van der Waals surface area contributed by atoms with Gasteiger partial charge in [-0.1, -0.05) is 24.3 Å². The number of hydrogen-bond acceptors (Lipinski definition) is 6. The molecule has 0 amide bonds. The molecule has 5 rings (SSSR count). The molecule has 0 unspecified atom stereocenters. The lowest BCUT2D eigenvalue weighted by Crippen LogP contribution is -2.08. The molecule has 0 radical (unpaired) electrons. The van der Waals surface area contributed by atoms with E-state index in [1.54, 1.807) is 12.4 Å². The molecule has 1 atom stereocenters. The van der Waals surface area contributed by atoms with Crippen LogP contribution in [0.25, 0.3) is 11.4 Å². The van der Waals surface area contributed by atoms with Crippen LogP contribution in [-0.2, 0) is 13.5 Å². The monoisotopic (exact) mass is 469 g/mol. The lowest BCUT2D eigenvalue weighted by molar-refractivity contribution is 0.0992. The summed E-state index contributed by atoms with van der Waals surface area (Å²) < 4.78 is 1.92. The number of pyridine rings is 2. The van der Waals surface area contributed by atoms with Crippen LogP contribution in [-0.4, -0.2) is 37.8 Å². The second kappa shape index (κ2) is 9.43. The van der Waals surface area contributed by atoms with E-state index in [0.717, 1.165) is 57.5 Å². The van der Waals surface area contributed by atoms with Gasteiger partial charge in [0.2, 0.25) is 0 Å². The van der Waals surface area contributed by atoms with E-state index in [0.29, 0.717) is 6.42 Å². The number of hydrogen-bond donors (Lipinski definition) is 1. The average Bonchev–Trinajstić information content (AvgIpc) is 3.02. The Morgan fingerprint density at radius 3 is 2.74 bits per heavy atom. The van der Waals surface area contributed by atoms with E-state index in [4.69, 9.17) is 5.10 Å². The lowest BCUT2D eigenvalue weighted by Gasteiger charge is -2.19. The summed E-state index contributed by atoms with van der Waals surface area (Å²) in [6, 6.07) is 15.9. The molecular formula is C27H27N5OS. The predicted octanol–water partition coefficient (Wildman–Crippen LogP) is 5.17. The molecule has 0 fully saturated rings. The minimum Gasteiger partial charge on any atom is -0.369 e. The van der Waals surface area contributed by atoms with Gasteiger partial charge in [-0.25, -0.2) is 0 Å². The number of aromatic nitrogens is 4. The number of thioether (sulfide) groups is 1. The van der Waals surface area contributed by atoms with Gasteiger partial charge in [-0.15, -0.1) is 11.8 Å². The molecule has 0 spiro atoms. The molecule has 1 aliphatic heterocycles. The molecule has 4 aromatic rings. The fourth-order valence-electron chi connectivity index (χ4n) is 4.49. The molecule has 34 heavy (non-hydrogen) atoms. The number of anilines is 1. The third-order valence-electron chi connectivity index (χ3n) is 6.27. The number of nitrogens with zero attached hydrogens (tertiary/aromatic N) is 4. The number of ketones is 1. The maximum atomic E-state index is 13.0. The first-order valence-electron chi connectivity index (χ1n) is 11.4. The van der Waals surface area contributed by atoms with Crippen molar-refractivity contribution in [3.05, 3.63) is 94.4 Å². The zero-order chi connectivity index (χ0) is 23.7. The molecular weight excluding hydrogens is 442 g/mol. The second-order valence-corrected chi connectivity index (χ2v) is 9.76. The van der Waals surface area contributed by atoms with Crippen LogP contribution in [0.2, 0.25) is 0 Å². The van der Waals surface area contributed by atoms with Gasteiger partial charge >= 0.3 is 0 Å². The fourth-order valence-corrected chi connectivity index (χ4v) is 5.78. The van der Waals surface area contributed by atoms with Crippen molar-refractivity contribution in [1.82, 2.24) is 19.7 Å². The highest BCUT2D eigenvalue weighted by Crippen LogP contribution is 2.46. The molecule has 172 valence electrons. The standard InChI is InChI=1S/C27H27N5OS/c1-17-15-20(23(33)16-19-7-6-12-28-18(19)2)9-10-21(17)26-24-25(22-8-4-5-11-29-22)31-32(3)27(24)30-13-14-34-26/h4-12,15,26,30H,13-14,16H2,1-3H3/t26-/m1/s1. The number of Topliss-reactive ketones (excluding diaryl/α,β-unsaturated/α-hetero) is 1. The van der Waals surface area contributed by atoms with Crippen molar-refractivity contribution in [3.8, 4) is 11.4 Å². The summed E-state index contributed by atoms with van der Waals surface area (Å²) in [6.07, 6.45) is 3.92. The summed E-state index contributed by atoms with van der Waals surface area (Å²) in [5.41, 5.74) is 7.83. The molecule has 0 aliphatic carbocycles. The topological polar surface area (TPSA) is 72.7 Å². The Kier molecular flexibility index (Phi) is 6.20. The number of rotatable bonds is 5. The molecule has 1 aliphatic rings. The van der Waals surface area contributed by atoms with Gasteiger partial charge < -0.3 is 5.32 Å². The number of nitrogens with one attached hydrogen (secondary N) is 1. The van der Waals surface area contributed by atoms with Crippen LogP contribution >= 0.6 is 11.8 Å². The number of carbonyl (C=O) groups excluding carboxylic acids is 1. The first-order chi connectivity index (χ1) is 16.5. The van der Waals surface area contributed by atoms with Gasteiger partial charge in [0, 0.05) is 55.0 Å². The van der Waals surface area contributed by atoms with Crippen LogP contribution in [0.1, 0.15) is 43.6 Å². The predicted molar refractivity (Wildman–Crippen MR) is 137 cm³/mol. The smallest absolute Gasteiger partial charge is 0.167 e. The van der Waals surface area contributed by atoms with E-state index in [2.05, 4.69) is 28.3 Å². The van der Waals surface area contributed by atoms with E-state index in [-0.39, 0.29) is 11.0 Å². The van der Waals surface area contributed by atoms with Crippen molar-refractivity contribution in [2.45, 2.75) is 25.5 Å². The molecule has 1 N–H and O–H groups in total. The quantitative estimate of drug-likeness (QED) is 0.407. The largest absolute Gasteiger partial charge is 0.369 e. The third-order valence-corrected chi connectivity index (χ3v) is 7.54. The van der Waals surface area contributed by atoms with Gasteiger partial charge in [-0.05, 0) is 54.8 Å². The Labute approximate surface area is 203 Å². The van der Waals surface area contributed by atoms with Gasteiger partial charge in [0.05, 0.1) is 10.9 Å². The van der Waals surface area contributed by atoms with Crippen LogP contribution < -0.4 is 5.32 Å². The van der Waals surface area contributed by atoms with Crippen molar-refractivity contribution < 1.29 is 4.79 Å². The normalized spacial score (nSPS) is 15.3. The zero-order valence-corrected chi connectivity index (χ0v) is 20.4. The molecule has 6 nitrogen and oxygen atoms in total. The number of fused-ring (bicyclic) bond motifs is 1. The summed E-state index contributed by atoms with van der Waals surface area (Å²) in [4.78, 5) is 21.9. The second-order valence-electron chi connectivity index (χ2n) is 8.55. The summed E-state index contributed by atoms with van der Waals surface area (Å²) in [5, 5.41) is 8.48. The van der Waals surface area contributed by atoms with Crippen LogP contribution in [0.3, 0.4) is 0 Å². The summed E-state index contributed by atoms with van der Waals surface area (Å²) in [5.74, 6) is 2.11. The minimum atomic E-state index is 0.0976. The maximum absolute atomic E-state index is 13.0. The highest BCUT2D eigenvalue weighted by Gasteiger charge is 2.30. The Balaban J connectivity index is 1.52. The molecule has 0 bridgehead atoms. The zero-order valence-electron chi connectivity index (χ0n) is 19.6. The van der Waals surface area contributed by atoms with E-state index < -0.39 is 0 Å². The first-order valence-corrected chi connectivity index (χ1v) is 12.5. The minimum absolute atomic E-state index is 0.0976. The van der Waals surface area contributed by atoms with Gasteiger partial charge in [0.25, 0.3) is 0 Å². The lowest BCUT2D eigenvalue weighted by atomic mass is 9.94. The SMILES string of the molecule is Cc1cc(C(=O)Cc2cccnc2C)ccc1[C@H]1SCCNc2c1c(-c1ccccn1)nn2C. The highest BCUT2D eigenvalue weighted by molar-refractivity contribution is 7.99. The molecule has 4 heterocycles. The molecule has 7 heteroatoms. The summed E-state index contributed by atoms with van der Waals surface area (Å²) >= 11 is 1.90. The molecule has 0 saturated carbocycles. The highest BCUT2D eigenvalue weighted by atomic mass is 32.2. The molecule has 3 aromatic heterocycles. The number of benzene rings is 1. The van der Waals surface area contributed by atoms with E-state index >= 15 is 0 Å². The van der Waals surface area contributed by atoms with Gasteiger partial charge in [0.15, 0.2) is 5.78 Å². The first kappa shape index (κ1) is 22.3. The fraction of sp³-hybridized carbons (Fsp3) is 0.259. The van der Waals surface area contributed by atoms with E-state index in [9.17, 15) is 4.79 Å². The van der Waals surface area contributed by atoms with Crippen molar-refractivity contribution in [2.24, 2.45) is 7.05 Å². The Bertz CT molecular complexity index is 1350. The van der Waals surface area contributed by atoms with Crippen LogP contribution in [0.4, 0.5) is 5.82 Å². The van der Waals surface area contributed by atoms with Crippen LogP contribution in [0.15, 0.2) is 60.9 Å². The maximum Gasteiger partial charge on any atom is 0.167 e. The van der Waals surface area contributed by atoms with Gasteiger partial charge in [0.1, 0.15) is 11.5 Å². The Morgan fingerprint density at radius 1 is 1.12 bits per heavy atom. The van der Waals surface area contributed by atoms with Crippen LogP contribution in [0, 0.1) is 13.8 Å².